The van der Waals surface area contributed by atoms with Crippen LogP contribution in [0.4, 0.5) is 13.2 Å². The number of benzene rings is 3. The van der Waals surface area contributed by atoms with Crippen molar-refractivity contribution >= 4 is 11.9 Å². The van der Waals surface area contributed by atoms with E-state index in [2.05, 4.69) is 0 Å². The van der Waals surface area contributed by atoms with Gasteiger partial charge in [-0.05, 0) is 39.9 Å². The quantitative estimate of drug-likeness (QED) is 0.478. The molecule has 0 bridgehead atoms. The average molecular weight is 469 g/mol. The summed E-state index contributed by atoms with van der Waals surface area (Å²) in [5, 5.41) is 9.15. The number of ether oxygens (including phenoxy) is 1. The van der Waals surface area contributed by atoms with Crippen LogP contribution in [0.3, 0.4) is 0 Å². The normalized spacial score (nSPS) is 14.7. The van der Waals surface area contributed by atoms with Gasteiger partial charge in [0, 0.05) is 12.0 Å². The van der Waals surface area contributed by atoms with Gasteiger partial charge in [0.05, 0.1) is 17.9 Å². The van der Waals surface area contributed by atoms with E-state index in [4.69, 9.17) is 15.6 Å². The molecule has 2 atom stereocenters. The van der Waals surface area contributed by atoms with Gasteiger partial charge in [-0.2, -0.15) is 13.2 Å². The number of hydrogen-bond acceptors (Lipinski definition) is 4. The van der Waals surface area contributed by atoms with E-state index < -0.39 is 42.1 Å². The summed E-state index contributed by atoms with van der Waals surface area (Å²) in [4.78, 5) is 24.3. The van der Waals surface area contributed by atoms with E-state index >= 15 is 0 Å². The molecule has 1 aliphatic carbocycles. The first-order valence-corrected chi connectivity index (χ1v) is 10.7. The number of rotatable bonds is 7. The van der Waals surface area contributed by atoms with Crippen LogP contribution in [0, 0.1) is 0 Å². The zero-order valence-corrected chi connectivity index (χ0v) is 18.0. The summed E-state index contributed by atoms with van der Waals surface area (Å²) in [6.45, 7) is -0.0101. The van der Waals surface area contributed by atoms with Crippen molar-refractivity contribution < 1.29 is 32.6 Å². The second-order valence-electron chi connectivity index (χ2n) is 8.22. The fourth-order valence-electron chi connectivity index (χ4n) is 4.45. The van der Waals surface area contributed by atoms with Gasteiger partial charge in [0.1, 0.15) is 6.61 Å². The van der Waals surface area contributed by atoms with Crippen LogP contribution >= 0.6 is 0 Å². The zero-order valence-electron chi connectivity index (χ0n) is 18.0. The molecule has 34 heavy (non-hydrogen) atoms. The minimum Gasteiger partial charge on any atom is -0.481 e. The lowest BCUT2D eigenvalue weighted by Crippen LogP contribution is -2.37. The second kappa shape index (κ2) is 9.30. The summed E-state index contributed by atoms with van der Waals surface area (Å²) >= 11 is 0. The minimum absolute atomic E-state index is 0.0101. The number of fused-ring (bicyclic) bond motifs is 3. The Morgan fingerprint density at radius 2 is 1.44 bits per heavy atom. The molecule has 0 saturated carbocycles. The lowest BCUT2D eigenvalue weighted by atomic mass is 9.89. The number of carboxylic acid groups (broad SMARTS) is 1. The number of esters is 1. The molecule has 3 N–H and O–H groups in total. The fourth-order valence-corrected chi connectivity index (χ4v) is 4.45. The molecule has 3 aromatic rings. The Bertz CT molecular complexity index is 1160. The number of hydrogen-bond donors (Lipinski definition) is 2. The number of alkyl halides is 3. The Morgan fingerprint density at radius 1 is 0.912 bits per heavy atom. The number of carboxylic acids is 1. The number of aliphatic carboxylic acids is 1. The summed E-state index contributed by atoms with van der Waals surface area (Å²) < 4.78 is 44.5. The van der Waals surface area contributed by atoms with Crippen molar-refractivity contribution in [3.8, 4) is 11.1 Å². The van der Waals surface area contributed by atoms with Crippen LogP contribution in [-0.2, 0) is 20.5 Å². The van der Waals surface area contributed by atoms with E-state index in [0.29, 0.717) is 0 Å². The van der Waals surface area contributed by atoms with Crippen molar-refractivity contribution in [2.24, 2.45) is 5.73 Å². The van der Waals surface area contributed by atoms with E-state index in [1.165, 1.54) is 0 Å². The molecule has 0 heterocycles. The van der Waals surface area contributed by atoms with Gasteiger partial charge in [-0.15, -0.1) is 0 Å². The molecule has 0 spiro atoms. The monoisotopic (exact) mass is 469 g/mol. The van der Waals surface area contributed by atoms with E-state index in [1.807, 2.05) is 48.5 Å². The summed E-state index contributed by atoms with van der Waals surface area (Å²) in [5.74, 6) is -3.46. The molecule has 5 nitrogen and oxygen atoms in total. The number of nitrogens with two attached hydrogens (primary N) is 1. The lowest BCUT2D eigenvalue weighted by Gasteiger charge is -2.23. The molecule has 0 fully saturated rings. The summed E-state index contributed by atoms with van der Waals surface area (Å²) in [5.41, 5.74) is 9.37. The molecule has 176 valence electrons. The van der Waals surface area contributed by atoms with Crippen LogP contribution in [0.1, 0.15) is 40.5 Å². The largest absolute Gasteiger partial charge is 0.481 e. The van der Waals surface area contributed by atoms with Crippen molar-refractivity contribution in [3.63, 3.8) is 0 Å². The van der Waals surface area contributed by atoms with Crippen molar-refractivity contribution in [1.82, 2.24) is 0 Å². The summed E-state index contributed by atoms with van der Waals surface area (Å²) in [7, 11) is 0. The molecule has 8 heteroatoms. The Balaban J connectivity index is 1.59. The number of carbonyl (C=O) groups excluding carboxylic acids is 1. The summed E-state index contributed by atoms with van der Waals surface area (Å²) in [6, 6.07) is 18.3. The fraction of sp³-hybridized carbons (Fsp3) is 0.231. The van der Waals surface area contributed by atoms with Crippen molar-refractivity contribution in [2.75, 3.05) is 6.61 Å². The zero-order chi connectivity index (χ0) is 24.5. The maximum Gasteiger partial charge on any atom is 0.416 e. The van der Waals surface area contributed by atoms with Crippen molar-refractivity contribution in [2.45, 2.75) is 30.5 Å². The highest BCUT2D eigenvalue weighted by atomic mass is 19.4. The highest BCUT2D eigenvalue weighted by Gasteiger charge is 2.35. The molecular weight excluding hydrogens is 447 g/mol. The lowest BCUT2D eigenvalue weighted by molar-refractivity contribution is -0.146. The third-order valence-electron chi connectivity index (χ3n) is 6.04. The molecule has 0 saturated heterocycles. The van der Waals surface area contributed by atoms with Gasteiger partial charge >= 0.3 is 18.1 Å². The highest BCUT2D eigenvalue weighted by Crippen LogP contribution is 2.44. The van der Waals surface area contributed by atoms with Crippen LogP contribution < -0.4 is 5.73 Å². The topological polar surface area (TPSA) is 89.6 Å². The first-order chi connectivity index (χ1) is 16.2. The first-order valence-electron chi connectivity index (χ1n) is 10.7. The van der Waals surface area contributed by atoms with Crippen LogP contribution in [0.15, 0.2) is 72.8 Å². The second-order valence-corrected chi connectivity index (χ2v) is 8.22. The third kappa shape index (κ3) is 4.68. The Hall–Kier alpha value is -3.65. The Kier molecular flexibility index (Phi) is 6.43. The van der Waals surface area contributed by atoms with Gasteiger partial charge in [0.15, 0.2) is 0 Å². The third-order valence-corrected chi connectivity index (χ3v) is 6.04. The molecule has 0 amide bonds. The molecule has 3 aromatic carbocycles. The van der Waals surface area contributed by atoms with Gasteiger partial charge in [-0.1, -0.05) is 60.7 Å². The van der Waals surface area contributed by atoms with Crippen LogP contribution in [0.25, 0.3) is 11.1 Å². The van der Waals surface area contributed by atoms with Gasteiger partial charge < -0.3 is 15.6 Å². The van der Waals surface area contributed by atoms with Gasteiger partial charge in [-0.3, -0.25) is 9.59 Å². The predicted octanol–water partition coefficient (Wildman–Crippen LogP) is 4.95. The molecule has 4 rings (SSSR count). The molecular formula is C26H22F3NO4. The maximum atomic E-state index is 13.1. The maximum absolute atomic E-state index is 13.1. The van der Waals surface area contributed by atoms with E-state index in [1.54, 1.807) is 0 Å². The van der Waals surface area contributed by atoms with Crippen molar-refractivity contribution in [1.29, 1.82) is 0 Å². The van der Waals surface area contributed by atoms with E-state index in [9.17, 15) is 22.8 Å². The smallest absolute Gasteiger partial charge is 0.416 e. The van der Waals surface area contributed by atoms with E-state index in [-0.39, 0.29) is 18.1 Å². The van der Waals surface area contributed by atoms with Crippen LogP contribution in [0.2, 0.25) is 0 Å². The highest BCUT2D eigenvalue weighted by molar-refractivity contribution is 5.82. The predicted molar refractivity (Wildman–Crippen MR) is 119 cm³/mol. The molecule has 1 aliphatic rings. The number of halogens is 3. The molecule has 0 aromatic heterocycles. The van der Waals surface area contributed by atoms with Crippen LogP contribution in [0.5, 0.6) is 0 Å². The molecule has 1 unspecified atom stereocenters. The SMILES string of the molecule is N[C@H](CC(=O)O)C(C(=O)OCC1c2ccccc2-c2ccccc21)c1ccc(C(F)(F)F)cc1. The van der Waals surface area contributed by atoms with E-state index in [0.717, 1.165) is 46.5 Å². The Morgan fingerprint density at radius 3 is 1.94 bits per heavy atom. The average Bonchev–Trinajstić information content (AvgIpc) is 3.11. The molecule has 0 aliphatic heterocycles. The molecule has 0 radical (unpaired) electrons. The minimum atomic E-state index is -4.54. The summed E-state index contributed by atoms with van der Waals surface area (Å²) in [6.07, 6.45) is -5.09. The van der Waals surface area contributed by atoms with Crippen molar-refractivity contribution in [3.05, 3.63) is 95.1 Å². The van der Waals surface area contributed by atoms with Gasteiger partial charge in [-0.25, -0.2) is 0 Å². The van der Waals surface area contributed by atoms with Gasteiger partial charge in [0.25, 0.3) is 0 Å². The first kappa shape index (κ1) is 23.5. The van der Waals surface area contributed by atoms with Gasteiger partial charge in [0.2, 0.25) is 0 Å². The van der Waals surface area contributed by atoms with Crippen LogP contribution in [-0.4, -0.2) is 29.7 Å². The Labute approximate surface area is 194 Å². The number of carbonyl (C=O) groups is 2. The standard InChI is InChI=1S/C26H22F3NO4/c27-26(28,29)16-11-9-15(10-12-16)24(22(30)13-23(31)32)25(33)34-14-21-19-7-3-1-5-17(19)18-6-2-4-8-20(18)21/h1-12,21-22,24H,13-14,30H2,(H,31,32)/t22-,24?/m1/s1.